The van der Waals surface area contributed by atoms with Gasteiger partial charge in [-0.25, -0.2) is 15.0 Å². The summed E-state index contributed by atoms with van der Waals surface area (Å²) in [5.41, 5.74) is 18.3. The molecule has 0 bridgehead atoms. The summed E-state index contributed by atoms with van der Waals surface area (Å²) in [7, 11) is 0. The molecule has 0 aliphatic heterocycles. The van der Waals surface area contributed by atoms with Gasteiger partial charge in [0.1, 0.15) is 0 Å². The zero-order valence-corrected chi connectivity index (χ0v) is 33.6. The molecular weight excluding hydrogens is 753 g/mol. The van der Waals surface area contributed by atoms with Crippen molar-refractivity contribution < 1.29 is 0 Å². The first-order valence-corrected chi connectivity index (χ1v) is 21.2. The quantitative estimate of drug-likeness (QED) is 0.174. The van der Waals surface area contributed by atoms with Gasteiger partial charge in [0.15, 0.2) is 17.5 Å². The topological polar surface area (TPSA) is 43.6 Å². The van der Waals surface area contributed by atoms with Crippen molar-refractivity contribution in [1.29, 1.82) is 0 Å². The molecule has 4 heteroatoms. The Morgan fingerprint density at radius 2 is 0.758 bits per heavy atom. The standard InChI is InChI=1S/C58H36N4/c1-5-17-37(18-6-1)40-30-32-53-47(33-40)48-35-46-44-26-14-16-28-50(44)58(52(46)36-54(48)62(53)42-23-11-4-12-24-42)49-27-15-13-25-43(49)45-31-29-41(34-51(45)58)57-60-55(38-19-7-2-8-20-38)59-56(61-57)39-21-9-3-10-22-39/h1-36H. The van der Waals surface area contributed by atoms with Gasteiger partial charge in [0.25, 0.3) is 0 Å². The van der Waals surface area contributed by atoms with Crippen LogP contribution in [0.15, 0.2) is 218 Å². The molecule has 2 aliphatic carbocycles. The lowest BCUT2D eigenvalue weighted by Gasteiger charge is -2.31. The maximum atomic E-state index is 5.19. The molecule has 0 saturated heterocycles. The number of rotatable bonds is 5. The fourth-order valence-corrected chi connectivity index (χ4v) is 10.4. The van der Waals surface area contributed by atoms with Crippen LogP contribution >= 0.6 is 0 Å². The van der Waals surface area contributed by atoms with E-state index in [1.165, 1.54) is 77.4 Å². The first-order chi connectivity index (χ1) is 30.7. The Balaban J connectivity index is 1.10. The van der Waals surface area contributed by atoms with E-state index in [0.29, 0.717) is 17.5 Å². The number of nitrogens with zero attached hydrogens (tertiary/aromatic N) is 4. The molecule has 11 aromatic rings. The molecule has 0 amide bonds. The lowest BCUT2D eigenvalue weighted by molar-refractivity contribution is 0.794. The fourth-order valence-electron chi connectivity index (χ4n) is 10.4. The number of para-hydroxylation sites is 1. The first kappa shape index (κ1) is 34.6. The van der Waals surface area contributed by atoms with Crippen LogP contribution in [0.1, 0.15) is 22.3 Å². The Labute approximate surface area is 359 Å². The van der Waals surface area contributed by atoms with Crippen molar-refractivity contribution in [1.82, 2.24) is 19.5 Å². The summed E-state index contributed by atoms with van der Waals surface area (Å²) < 4.78 is 2.45. The van der Waals surface area contributed by atoms with Gasteiger partial charge in [-0.15, -0.1) is 0 Å². The Kier molecular flexibility index (Phi) is 7.49. The third-order valence-corrected chi connectivity index (χ3v) is 13.1. The number of fused-ring (bicyclic) bond motifs is 13. The van der Waals surface area contributed by atoms with Gasteiger partial charge in [0, 0.05) is 33.2 Å². The summed E-state index contributed by atoms with van der Waals surface area (Å²) >= 11 is 0. The average molecular weight is 789 g/mol. The van der Waals surface area contributed by atoms with Gasteiger partial charge < -0.3 is 4.57 Å². The maximum Gasteiger partial charge on any atom is 0.164 e. The molecule has 1 atom stereocenters. The number of hydrogen-bond acceptors (Lipinski definition) is 3. The van der Waals surface area contributed by atoms with Crippen LogP contribution in [-0.4, -0.2) is 19.5 Å². The van der Waals surface area contributed by atoms with E-state index >= 15 is 0 Å². The lowest BCUT2D eigenvalue weighted by atomic mass is 9.70. The minimum Gasteiger partial charge on any atom is -0.309 e. The van der Waals surface area contributed by atoms with Crippen LogP contribution in [0.25, 0.3) is 95.0 Å². The second-order valence-electron chi connectivity index (χ2n) is 16.3. The van der Waals surface area contributed by atoms with Gasteiger partial charge in [0.2, 0.25) is 0 Å². The van der Waals surface area contributed by atoms with Crippen molar-refractivity contribution in [2.75, 3.05) is 0 Å². The predicted octanol–water partition coefficient (Wildman–Crippen LogP) is 14.0. The highest BCUT2D eigenvalue weighted by atomic mass is 15.0. The lowest BCUT2D eigenvalue weighted by Crippen LogP contribution is -2.26. The van der Waals surface area contributed by atoms with E-state index in [-0.39, 0.29) is 0 Å². The predicted molar refractivity (Wildman–Crippen MR) is 252 cm³/mol. The second kappa shape index (κ2) is 13.4. The molecule has 0 fully saturated rings. The van der Waals surface area contributed by atoms with E-state index in [0.717, 1.165) is 22.4 Å². The molecule has 4 nitrogen and oxygen atoms in total. The minimum absolute atomic E-state index is 0.591. The summed E-state index contributed by atoms with van der Waals surface area (Å²) in [6, 6.07) is 78.7. The van der Waals surface area contributed by atoms with Crippen LogP contribution in [-0.2, 0) is 5.41 Å². The zero-order valence-electron chi connectivity index (χ0n) is 33.6. The maximum absolute atomic E-state index is 5.19. The Bertz CT molecular complexity index is 3500. The molecule has 0 N–H and O–H groups in total. The van der Waals surface area contributed by atoms with Crippen molar-refractivity contribution in [2.24, 2.45) is 0 Å². The largest absolute Gasteiger partial charge is 0.309 e. The molecule has 0 radical (unpaired) electrons. The minimum atomic E-state index is -0.591. The van der Waals surface area contributed by atoms with Crippen LogP contribution in [0.5, 0.6) is 0 Å². The Morgan fingerprint density at radius 1 is 0.290 bits per heavy atom. The summed E-state index contributed by atoms with van der Waals surface area (Å²) in [4.78, 5) is 15.4. The Morgan fingerprint density at radius 3 is 1.39 bits per heavy atom. The normalized spacial score (nSPS) is 14.5. The molecule has 1 spiro atoms. The SMILES string of the molecule is c1ccc(-c2ccc3c(c2)c2cc4c(cc2n3-c2ccccc2)C2(c3ccccc3-c3ccc(-c5nc(-c6ccccc6)nc(-c6ccccc6)n5)cc32)c2ccccc2-4)cc1. The van der Waals surface area contributed by atoms with Crippen LogP contribution in [0.3, 0.4) is 0 Å². The van der Waals surface area contributed by atoms with Gasteiger partial charge >= 0.3 is 0 Å². The molecule has 2 aromatic heterocycles. The average Bonchev–Trinajstić information content (AvgIpc) is 3.95. The molecule has 1 unspecified atom stereocenters. The molecule has 9 aromatic carbocycles. The third-order valence-electron chi connectivity index (χ3n) is 13.1. The van der Waals surface area contributed by atoms with Crippen molar-refractivity contribution >= 4 is 21.8 Å². The van der Waals surface area contributed by atoms with Crippen LogP contribution < -0.4 is 0 Å². The highest BCUT2D eigenvalue weighted by Gasteiger charge is 2.52. The van der Waals surface area contributed by atoms with E-state index < -0.39 is 5.41 Å². The van der Waals surface area contributed by atoms with Crippen LogP contribution in [0.4, 0.5) is 0 Å². The molecule has 62 heavy (non-hydrogen) atoms. The smallest absolute Gasteiger partial charge is 0.164 e. The highest BCUT2D eigenvalue weighted by Crippen LogP contribution is 2.64. The monoisotopic (exact) mass is 788 g/mol. The summed E-state index contributed by atoms with van der Waals surface area (Å²) in [6.45, 7) is 0. The van der Waals surface area contributed by atoms with E-state index in [1.54, 1.807) is 0 Å². The number of benzene rings is 9. The van der Waals surface area contributed by atoms with Gasteiger partial charge in [-0.1, -0.05) is 176 Å². The third kappa shape index (κ3) is 4.98. The van der Waals surface area contributed by atoms with E-state index in [2.05, 4.69) is 187 Å². The van der Waals surface area contributed by atoms with Gasteiger partial charge in [0.05, 0.1) is 16.4 Å². The molecular formula is C58H36N4. The van der Waals surface area contributed by atoms with Crippen molar-refractivity contribution in [2.45, 2.75) is 5.41 Å². The zero-order chi connectivity index (χ0) is 40.8. The van der Waals surface area contributed by atoms with Crippen LogP contribution in [0.2, 0.25) is 0 Å². The van der Waals surface area contributed by atoms with E-state index in [4.69, 9.17) is 15.0 Å². The summed E-state index contributed by atoms with van der Waals surface area (Å²) in [5, 5.41) is 2.47. The number of hydrogen-bond donors (Lipinski definition) is 0. The number of aromatic nitrogens is 4. The van der Waals surface area contributed by atoms with Gasteiger partial charge in [-0.05, 0) is 98.1 Å². The van der Waals surface area contributed by atoms with Gasteiger partial charge in [-0.3, -0.25) is 0 Å². The van der Waals surface area contributed by atoms with Crippen LogP contribution in [0, 0.1) is 0 Å². The second-order valence-corrected chi connectivity index (χ2v) is 16.3. The van der Waals surface area contributed by atoms with E-state index in [1.807, 2.05) is 36.4 Å². The fraction of sp³-hybridized carbons (Fsp3) is 0.0172. The molecule has 0 saturated carbocycles. The Hall–Kier alpha value is -8.21. The van der Waals surface area contributed by atoms with Crippen molar-refractivity contribution in [3.63, 3.8) is 0 Å². The summed E-state index contributed by atoms with van der Waals surface area (Å²) in [6.07, 6.45) is 0. The molecule has 13 rings (SSSR count). The van der Waals surface area contributed by atoms with Crippen molar-refractivity contribution in [3.8, 4) is 73.2 Å². The highest BCUT2D eigenvalue weighted by molar-refractivity contribution is 6.13. The van der Waals surface area contributed by atoms with Crippen molar-refractivity contribution in [3.05, 3.63) is 241 Å². The first-order valence-electron chi connectivity index (χ1n) is 21.2. The summed E-state index contributed by atoms with van der Waals surface area (Å²) in [5.74, 6) is 1.94. The molecule has 2 aliphatic rings. The van der Waals surface area contributed by atoms with Gasteiger partial charge in [-0.2, -0.15) is 0 Å². The molecule has 2 heterocycles. The van der Waals surface area contributed by atoms with E-state index in [9.17, 15) is 0 Å². The molecule has 288 valence electrons.